The number of carbonyl (C=O) groups is 2. The van der Waals surface area contributed by atoms with E-state index in [0.717, 1.165) is 9.87 Å². The van der Waals surface area contributed by atoms with E-state index in [9.17, 15) is 18.0 Å². The number of aryl methyl sites for hydroxylation is 1. The van der Waals surface area contributed by atoms with Crippen LogP contribution >= 0.6 is 0 Å². The molecule has 0 heterocycles. The summed E-state index contributed by atoms with van der Waals surface area (Å²) in [6, 6.07) is 10.6. The zero-order chi connectivity index (χ0) is 19.5. The van der Waals surface area contributed by atoms with E-state index in [0.29, 0.717) is 17.0 Å². The van der Waals surface area contributed by atoms with E-state index < -0.39 is 21.9 Å². The summed E-state index contributed by atoms with van der Waals surface area (Å²) < 4.78 is 30.5. The number of benzene rings is 2. The summed E-state index contributed by atoms with van der Waals surface area (Å²) in [5.41, 5.74) is 1.48. The molecule has 2 rings (SSSR count). The molecule has 0 aliphatic heterocycles. The lowest BCUT2D eigenvalue weighted by atomic mass is 10.1. The SMILES string of the molecule is CC(=O)Oc1ccc(C(=O)Nc2cc(S(=O)(=O)N(C)C)ccc2C)cc1. The third kappa shape index (κ3) is 4.47. The maximum Gasteiger partial charge on any atom is 0.308 e. The van der Waals surface area contributed by atoms with Crippen molar-refractivity contribution in [3.63, 3.8) is 0 Å². The maximum absolute atomic E-state index is 12.4. The summed E-state index contributed by atoms with van der Waals surface area (Å²) in [5, 5.41) is 2.71. The van der Waals surface area contributed by atoms with Crippen molar-refractivity contribution in [3.05, 3.63) is 53.6 Å². The molecule has 1 amide bonds. The van der Waals surface area contributed by atoms with Gasteiger partial charge in [-0.2, -0.15) is 0 Å². The molecule has 0 fully saturated rings. The van der Waals surface area contributed by atoms with E-state index in [-0.39, 0.29) is 4.90 Å². The largest absolute Gasteiger partial charge is 0.427 e. The lowest BCUT2D eigenvalue weighted by Gasteiger charge is -2.14. The average molecular weight is 376 g/mol. The lowest BCUT2D eigenvalue weighted by Crippen LogP contribution is -2.22. The van der Waals surface area contributed by atoms with E-state index in [4.69, 9.17) is 4.74 Å². The number of amides is 1. The fraction of sp³-hybridized carbons (Fsp3) is 0.222. The van der Waals surface area contributed by atoms with Crippen molar-refractivity contribution >= 4 is 27.6 Å². The van der Waals surface area contributed by atoms with E-state index in [1.807, 2.05) is 0 Å². The van der Waals surface area contributed by atoms with Gasteiger partial charge in [0, 0.05) is 32.3 Å². The van der Waals surface area contributed by atoms with Crippen LogP contribution in [0.15, 0.2) is 47.4 Å². The predicted octanol–water partition coefficient (Wildman–Crippen LogP) is 2.42. The number of nitrogens with one attached hydrogen (secondary N) is 1. The first-order valence-corrected chi connectivity index (χ1v) is 9.18. The molecule has 0 unspecified atom stereocenters. The maximum atomic E-state index is 12.4. The molecule has 0 saturated carbocycles. The first-order valence-electron chi connectivity index (χ1n) is 7.74. The first-order chi connectivity index (χ1) is 12.1. The van der Waals surface area contributed by atoms with Gasteiger partial charge in [0.2, 0.25) is 10.0 Å². The van der Waals surface area contributed by atoms with Crippen LogP contribution in [0.5, 0.6) is 5.75 Å². The summed E-state index contributed by atoms with van der Waals surface area (Å²) in [4.78, 5) is 23.4. The molecule has 8 heteroatoms. The Morgan fingerprint density at radius 3 is 2.19 bits per heavy atom. The number of rotatable bonds is 5. The Morgan fingerprint density at radius 1 is 1.04 bits per heavy atom. The van der Waals surface area contributed by atoms with Crippen molar-refractivity contribution in [2.45, 2.75) is 18.7 Å². The van der Waals surface area contributed by atoms with Crippen LogP contribution in [0.4, 0.5) is 5.69 Å². The predicted molar refractivity (Wildman–Crippen MR) is 97.8 cm³/mol. The molecule has 1 N–H and O–H groups in total. The van der Waals surface area contributed by atoms with Gasteiger partial charge in [-0.05, 0) is 48.9 Å². The van der Waals surface area contributed by atoms with Gasteiger partial charge in [-0.15, -0.1) is 0 Å². The van der Waals surface area contributed by atoms with Gasteiger partial charge in [0.05, 0.1) is 4.90 Å². The minimum atomic E-state index is -3.60. The highest BCUT2D eigenvalue weighted by atomic mass is 32.2. The Bertz CT molecular complexity index is 935. The molecule has 0 atom stereocenters. The van der Waals surface area contributed by atoms with Gasteiger partial charge < -0.3 is 10.1 Å². The van der Waals surface area contributed by atoms with E-state index in [1.165, 1.54) is 57.4 Å². The summed E-state index contributed by atoms with van der Waals surface area (Å²) in [6.45, 7) is 3.06. The van der Waals surface area contributed by atoms with Gasteiger partial charge in [0.15, 0.2) is 0 Å². The molecule has 7 nitrogen and oxygen atoms in total. The summed E-state index contributed by atoms with van der Waals surface area (Å²) in [7, 11) is -0.715. The number of anilines is 1. The lowest BCUT2D eigenvalue weighted by molar-refractivity contribution is -0.131. The molecule has 0 spiro atoms. The Morgan fingerprint density at radius 2 is 1.65 bits per heavy atom. The topological polar surface area (TPSA) is 92.8 Å². The van der Waals surface area contributed by atoms with E-state index >= 15 is 0 Å². The van der Waals surface area contributed by atoms with Crippen LogP contribution in [-0.4, -0.2) is 38.7 Å². The number of ether oxygens (including phenoxy) is 1. The van der Waals surface area contributed by atoms with Crippen LogP contribution in [0.1, 0.15) is 22.8 Å². The van der Waals surface area contributed by atoms with Crippen LogP contribution in [0, 0.1) is 6.92 Å². The second-order valence-corrected chi connectivity index (χ2v) is 7.99. The van der Waals surface area contributed by atoms with Crippen molar-refractivity contribution < 1.29 is 22.7 Å². The summed E-state index contributed by atoms with van der Waals surface area (Å²) in [5.74, 6) is -0.511. The molecule has 2 aromatic carbocycles. The van der Waals surface area contributed by atoms with Gasteiger partial charge in [-0.25, -0.2) is 12.7 Å². The molecule has 26 heavy (non-hydrogen) atoms. The first kappa shape index (κ1) is 19.6. The fourth-order valence-corrected chi connectivity index (χ4v) is 3.07. The monoisotopic (exact) mass is 376 g/mol. The van der Waals surface area contributed by atoms with Gasteiger partial charge in [0.1, 0.15) is 5.75 Å². The van der Waals surface area contributed by atoms with Crippen LogP contribution in [0.2, 0.25) is 0 Å². The molecule has 0 bridgehead atoms. The third-order valence-corrected chi connectivity index (χ3v) is 5.42. The van der Waals surface area contributed by atoms with Crippen LogP contribution in [-0.2, 0) is 14.8 Å². The normalized spacial score (nSPS) is 11.3. The van der Waals surface area contributed by atoms with Gasteiger partial charge >= 0.3 is 5.97 Å². The fourth-order valence-electron chi connectivity index (χ4n) is 2.14. The van der Waals surface area contributed by atoms with Crippen LogP contribution in [0.25, 0.3) is 0 Å². The van der Waals surface area contributed by atoms with E-state index in [1.54, 1.807) is 13.0 Å². The molecule has 0 radical (unpaired) electrons. The highest BCUT2D eigenvalue weighted by Gasteiger charge is 2.19. The molecular weight excluding hydrogens is 356 g/mol. The van der Waals surface area contributed by atoms with Crippen molar-refractivity contribution in [2.24, 2.45) is 0 Å². The Labute approximate surface area is 152 Å². The molecule has 2 aromatic rings. The standard InChI is InChI=1S/C18H20N2O5S/c1-12-5-10-16(26(23,24)20(3)4)11-17(12)19-18(22)14-6-8-15(9-7-14)25-13(2)21/h5-11H,1-4H3,(H,19,22). The Hall–Kier alpha value is -2.71. The van der Waals surface area contributed by atoms with E-state index in [2.05, 4.69) is 5.32 Å². The summed E-state index contributed by atoms with van der Waals surface area (Å²) in [6.07, 6.45) is 0. The van der Waals surface area contributed by atoms with Crippen LogP contribution in [0.3, 0.4) is 0 Å². The highest BCUT2D eigenvalue weighted by Crippen LogP contribution is 2.23. The molecule has 0 aliphatic rings. The minimum Gasteiger partial charge on any atom is -0.427 e. The van der Waals surface area contributed by atoms with Crippen molar-refractivity contribution in [3.8, 4) is 5.75 Å². The number of sulfonamides is 1. The second kappa shape index (κ2) is 7.67. The quantitative estimate of drug-likeness (QED) is 0.639. The van der Waals surface area contributed by atoms with Crippen molar-refractivity contribution in [1.82, 2.24) is 4.31 Å². The van der Waals surface area contributed by atoms with Crippen LogP contribution < -0.4 is 10.1 Å². The average Bonchev–Trinajstić information content (AvgIpc) is 2.56. The molecule has 0 saturated heterocycles. The molecule has 138 valence electrons. The van der Waals surface area contributed by atoms with Gasteiger partial charge in [0.25, 0.3) is 5.91 Å². The van der Waals surface area contributed by atoms with Crippen molar-refractivity contribution in [1.29, 1.82) is 0 Å². The van der Waals surface area contributed by atoms with Gasteiger partial charge in [-0.1, -0.05) is 6.07 Å². The zero-order valence-electron chi connectivity index (χ0n) is 14.9. The number of hydrogen-bond acceptors (Lipinski definition) is 5. The smallest absolute Gasteiger partial charge is 0.308 e. The van der Waals surface area contributed by atoms with Gasteiger partial charge in [-0.3, -0.25) is 9.59 Å². The highest BCUT2D eigenvalue weighted by molar-refractivity contribution is 7.89. The number of carbonyl (C=O) groups excluding carboxylic acids is 2. The second-order valence-electron chi connectivity index (χ2n) is 5.84. The number of hydrogen-bond donors (Lipinski definition) is 1. The Kier molecular flexibility index (Phi) is 5.79. The number of nitrogens with zero attached hydrogens (tertiary/aromatic N) is 1. The molecular formula is C18H20N2O5S. The Balaban J connectivity index is 2.25. The third-order valence-electron chi connectivity index (χ3n) is 3.61. The number of esters is 1. The molecule has 0 aromatic heterocycles. The van der Waals surface area contributed by atoms with Crippen molar-refractivity contribution in [2.75, 3.05) is 19.4 Å². The minimum absolute atomic E-state index is 0.0913. The summed E-state index contributed by atoms with van der Waals surface area (Å²) >= 11 is 0. The molecule has 0 aliphatic carbocycles. The zero-order valence-corrected chi connectivity index (χ0v) is 15.8.